The summed E-state index contributed by atoms with van der Waals surface area (Å²) in [5, 5.41) is 3.23. The van der Waals surface area contributed by atoms with Gasteiger partial charge in [0.15, 0.2) is 0 Å². The molecule has 1 aromatic rings. The third-order valence-corrected chi connectivity index (χ3v) is 3.32. The topological polar surface area (TPSA) is 90.4 Å². The molecule has 0 radical (unpaired) electrons. The molecule has 1 aliphatic rings. The Kier molecular flexibility index (Phi) is 3.43. The Hall–Kier alpha value is -1.75. The lowest BCUT2D eigenvalue weighted by atomic mass is 10.0. The van der Waals surface area contributed by atoms with Gasteiger partial charge in [-0.3, -0.25) is 4.79 Å². The Morgan fingerprint density at radius 3 is 2.94 bits per heavy atom. The van der Waals surface area contributed by atoms with Gasteiger partial charge in [-0.1, -0.05) is 6.07 Å². The van der Waals surface area contributed by atoms with Gasteiger partial charge in [-0.2, -0.15) is 0 Å². The standard InChI is InChI=1S/C13H19N3O2/c1-13(6-3-7-18-13)8-16-10-5-2-4-9(11(10)14)12(15)17/h2,4-5,16H,3,6-8,14H2,1H3,(H2,15,17). The van der Waals surface area contributed by atoms with Gasteiger partial charge in [-0.05, 0) is 31.9 Å². The molecule has 1 heterocycles. The van der Waals surface area contributed by atoms with Crippen molar-refractivity contribution in [2.45, 2.75) is 25.4 Å². The Bertz CT molecular complexity index is 454. The van der Waals surface area contributed by atoms with E-state index in [0.717, 1.165) is 25.1 Å². The number of carbonyl (C=O) groups excluding carboxylic acids is 1. The van der Waals surface area contributed by atoms with Gasteiger partial charge in [0.2, 0.25) is 0 Å². The van der Waals surface area contributed by atoms with Crippen LogP contribution in [0.1, 0.15) is 30.1 Å². The maximum Gasteiger partial charge on any atom is 0.250 e. The van der Waals surface area contributed by atoms with Crippen molar-refractivity contribution < 1.29 is 9.53 Å². The minimum absolute atomic E-state index is 0.158. The van der Waals surface area contributed by atoms with Crippen molar-refractivity contribution in [3.63, 3.8) is 0 Å². The minimum atomic E-state index is -0.514. The molecule has 1 aromatic carbocycles. The third-order valence-electron chi connectivity index (χ3n) is 3.32. The zero-order valence-corrected chi connectivity index (χ0v) is 10.5. The molecule has 2 rings (SSSR count). The molecule has 5 N–H and O–H groups in total. The summed E-state index contributed by atoms with van der Waals surface area (Å²) in [5.74, 6) is -0.514. The van der Waals surface area contributed by atoms with Crippen molar-refractivity contribution >= 4 is 17.3 Å². The average molecular weight is 249 g/mol. The highest BCUT2D eigenvalue weighted by Gasteiger charge is 2.29. The number of carbonyl (C=O) groups is 1. The molecule has 98 valence electrons. The fraction of sp³-hybridized carbons (Fsp3) is 0.462. The number of anilines is 2. The van der Waals surface area contributed by atoms with Crippen LogP contribution in [0.3, 0.4) is 0 Å². The molecule has 1 saturated heterocycles. The van der Waals surface area contributed by atoms with Crippen molar-refractivity contribution in [2.75, 3.05) is 24.2 Å². The highest BCUT2D eigenvalue weighted by Crippen LogP contribution is 2.28. The quantitative estimate of drug-likeness (QED) is 0.702. The number of nitrogens with one attached hydrogen (secondary N) is 1. The molecule has 0 bridgehead atoms. The predicted molar refractivity (Wildman–Crippen MR) is 71.5 cm³/mol. The highest BCUT2D eigenvalue weighted by atomic mass is 16.5. The Labute approximate surface area is 106 Å². The monoisotopic (exact) mass is 249 g/mol. The van der Waals surface area contributed by atoms with E-state index in [1.807, 2.05) is 6.07 Å². The number of ether oxygens (including phenoxy) is 1. The number of hydrogen-bond donors (Lipinski definition) is 3. The van der Waals surface area contributed by atoms with Crippen LogP contribution >= 0.6 is 0 Å². The summed E-state index contributed by atoms with van der Waals surface area (Å²) in [6.07, 6.45) is 2.10. The number of primary amides is 1. The van der Waals surface area contributed by atoms with Crippen molar-refractivity contribution in [3.8, 4) is 0 Å². The maximum absolute atomic E-state index is 11.2. The van der Waals surface area contributed by atoms with Gasteiger partial charge in [0.05, 0.1) is 22.5 Å². The van der Waals surface area contributed by atoms with Crippen LogP contribution in [0.5, 0.6) is 0 Å². The molecule has 1 aliphatic heterocycles. The number of para-hydroxylation sites is 1. The first-order chi connectivity index (χ1) is 8.52. The number of nitrogens with two attached hydrogens (primary N) is 2. The second-order valence-electron chi connectivity index (χ2n) is 4.89. The third kappa shape index (κ3) is 2.56. The van der Waals surface area contributed by atoms with Gasteiger partial charge in [-0.25, -0.2) is 0 Å². The van der Waals surface area contributed by atoms with Crippen LogP contribution in [-0.2, 0) is 4.74 Å². The normalized spacial score (nSPS) is 22.9. The molecule has 1 fully saturated rings. The highest BCUT2D eigenvalue weighted by molar-refractivity contribution is 6.00. The minimum Gasteiger partial charge on any atom is -0.396 e. The molecule has 18 heavy (non-hydrogen) atoms. The summed E-state index contributed by atoms with van der Waals surface area (Å²) >= 11 is 0. The van der Waals surface area contributed by atoms with Crippen molar-refractivity contribution in [2.24, 2.45) is 5.73 Å². The average Bonchev–Trinajstić information content (AvgIpc) is 2.75. The maximum atomic E-state index is 11.2. The first kappa shape index (κ1) is 12.7. The molecule has 0 aliphatic carbocycles. The first-order valence-corrected chi connectivity index (χ1v) is 6.08. The molecule has 1 unspecified atom stereocenters. The molecule has 0 spiro atoms. The van der Waals surface area contributed by atoms with Crippen LogP contribution in [0.4, 0.5) is 11.4 Å². The number of nitrogen functional groups attached to an aromatic ring is 1. The van der Waals surface area contributed by atoms with Gasteiger partial charge in [0.1, 0.15) is 0 Å². The zero-order chi connectivity index (χ0) is 13.2. The Morgan fingerprint density at radius 1 is 1.56 bits per heavy atom. The van der Waals surface area contributed by atoms with E-state index in [-0.39, 0.29) is 5.60 Å². The van der Waals surface area contributed by atoms with Crippen LogP contribution < -0.4 is 16.8 Å². The van der Waals surface area contributed by atoms with Crippen molar-refractivity contribution in [1.29, 1.82) is 0 Å². The fourth-order valence-corrected chi connectivity index (χ4v) is 2.19. The van der Waals surface area contributed by atoms with E-state index < -0.39 is 5.91 Å². The van der Waals surface area contributed by atoms with Gasteiger partial charge in [0, 0.05) is 13.2 Å². The van der Waals surface area contributed by atoms with Crippen LogP contribution in [-0.4, -0.2) is 24.7 Å². The number of amides is 1. The summed E-state index contributed by atoms with van der Waals surface area (Å²) in [7, 11) is 0. The Morgan fingerprint density at radius 2 is 2.33 bits per heavy atom. The molecule has 1 atom stereocenters. The molecule has 5 heteroatoms. The smallest absolute Gasteiger partial charge is 0.250 e. The van der Waals surface area contributed by atoms with Crippen molar-refractivity contribution in [3.05, 3.63) is 23.8 Å². The van der Waals surface area contributed by atoms with E-state index in [9.17, 15) is 4.79 Å². The van der Waals surface area contributed by atoms with Crippen LogP contribution in [0.25, 0.3) is 0 Å². The van der Waals surface area contributed by atoms with Gasteiger partial charge < -0.3 is 21.5 Å². The van der Waals surface area contributed by atoms with E-state index in [1.165, 1.54) is 0 Å². The summed E-state index contributed by atoms with van der Waals surface area (Å²) in [6.45, 7) is 3.54. The van der Waals surface area contributed by atoms with E-state index >= 15 is 0 Å². The lowest BCUT2D eigenvalue weighted by Gasteiger charge is -2.24. The fourth-order valence-electron chi connectivity index (χ4n) is 2.19. The second-order valence-corrected chi connectivity index (χ2v) is 4.89. The van der Waals surface area contributed by atoms with E-state index in [0.29, 0.717) is 17.8 Å². The molecule has 1 amide bonds. The predicted octanol–water partition coefficient (Wildman–Crippen LogP) is 1.35. The SMILES string of the molecule is CC1(CNc2cccc(C(N)=O)c2N)CCCO1. The van der Waals surface area contributed by atoms with E-state index in [4.69, 9.17) is 16.2 Å². The summed E-state index contributed by atoms with van der Waals surface area (Å²) in [4.78, 5) is 11.2. The van der Waals surface area contributed by atoms with Gasteiger partial charge in [-0.15, -0.1) is 0 Å². The Balaban J connectivity index is 2.10. The lowest BCUT2D eigenvalue weighted by molar-refractivity contribution is 0.0315. The summed E-state index contributed by atoms with van der Waals surface area (Å²) < 4.78 is 5.68. The van der Waals surface area contributed by atoms with Crippen LogP contribution in [0.15, 0.2) is 18.2 Å². The second kappa shape index (κ2) is 4.86. The van der Waals surface area contributed by atoms with Gasteiger partial charge in [0.25, 0.3) is 5.91 Å². The number of rotatable bonds is 4. The molecular weight excluding hydrogens is 230 g/mol. The molecule has 5 nitrogen and oxygen atoms in total. The number of benzene rings is 1. The molecule has 0 aromatic heterocycles. The van der Waals surface area contributed by atoms with Crippen LogP contribution in [0, 0.1) is 0 Å². The van der Waals surface area contributed by atoms with Crippen molar-refractivity contribution in [1.82, 2.24) is 0 Å². The lowest BCUT2D eigenvalue weighted by Crippen LogP contribution is -2.32. The summed E-state index contributed by atoms with van der Waals surface area (Å²) in [5.41, 5.74) is 12.5. The number of hydrogen-bond acceptors (Lipinski definition) is 4. The molecule has 0 saturated carbocycles. The summed E-state index contributed by atoms with van der Waals surface area (Å²) in [6, 6.07) is 5.22. The van der Waals surface area contributed by atoms with E-state index in [2.05, 4.69) is 12.2 Å². The van der Waals surface area contributed by atoms with Gasteiger partial charge >= 0.3 is 0 Å². The zero-order valence-electron chi connectivity index (χ0n) is 10.5. The van der Waals surface area contributed by atoms with E-state index in [1.54, 1.807) is 12.1 Å². The first-order valence-electron chi connectivity index (χ1n) is 6.08. The van der Waals surface area contributed by atoms with Crippen LogP contribution in [0.2, 0.25) is 0 Å². The molecular formula is C13H19N3O2. The largest absolute Gasteiger partial charge is 0.396 e.